The molecule has 0 aromatic heterocycles. The van der Waals surface area contributed by atoms with E-state index in [1.54, 1.807) is 4.90 Å². The number of piperidine rings is 1. The molecule has 1 spiro atoms. The Morgan fingerprint density at radius 2 is 1.65 bits per heavy atom. The molecule has 1 saturated carbocycles. The van der Waals surface area contributed by atoms with Gasteiger partial charge in [0.25, 0.3) is 0 Å². The Labute approximate surface area is 254 Å². The lowest BCUT2D eigenvalue weighted by molar-refractivity contribution is -0.126. The molecule has 11 heteroatoms. The molecule has 1 atom stereocenters. The first-order valence-corrected chi connectivity index (χ1v) is 15.9. The molecule has 1 unspecified atom stereocenters. The zero-order valence-corrected chi connectivity index (χ0v) is 26.6. The molecule has 1 aliphatic carbocycles. The van der Waals surface area contributed by atoms with Gasteiger partial charge >= 0.3 is 13.2 Å². The van der Waals surface area contributed by atoms with Gasteiger partial charge in [0.1, 0.15) is 5.60 Å². The van der Waals surface area contributed by atoms with Crippen LogP contribution in [0.1, 0.15) is 86.1 Å². The molecule has 1 aromatic rings. The number of ether oxygens (including phenoxy) is 1. The van der Waals surface area contributed by atoms with Crippen LogP contribution in [0.5, 0.6) is 0 Å². The van der Waals surface area contributed by atoms with Crippen molar-refractivity contribution in [1.82, 2.24) is 9.80 Å². The van der Waals surface area contributed by atoms with Gasteiger partial charge in [0, 0.05) is 43.3 Å². The van der Waals surface area contributed by atoms with Crippen LogP contribution in [0, 0.1) is 5.92 Å². The summed E-state index contributed by atoms with van der Waals surface area (Å²) in [5, 5.41) is 0. The van der Waals surface area contributed by atoms with Crippen molar-refractivity contribution >= 4 is 30.3 Å². The van der Waals surface area contributed by atoms with E-state index >= 15 is 0 Å². The first kappa shape index (κ1) is 30.8. The van der Waals surface area contributed by atoms with Crippen molar-refractivity contribution in [2.24, 2.45) is 5.92 Å². The topological polar surface area (TPSA) is 71.6 Å². The van der Waals surface area contributed by atoms with Crippen molar-refractivity contribution in [3.05, 3.63) is 23.8 Å². The summed E-state index contributed by atoms with van der Waals surface area (Å²) in [6.45, 7) is 15.6. The van der Waals surface area contributed by atoms with E-state index in [1.165, 1.54) is 0 Å². The van der Waals surface area contributed by atoms with Gasteiger partial charge in [-0.1, -0.05) is 12.1 Å². The minimum absolute atomic E-state index is 0.00124. The van der Waals surface area contributed by atoms with E-state index in [0.717, 1.165) is 29.6 Å². The Kier molecular flexibility index (Phi) is 7.45. The quantitative estimate of drug-likeness (QED) is 0.466. The maximum absolute atomic E-state index is 14.5. The third-order valence-electron chi connectivity index (χ3n) is 10.8. The van der Waals surface area contributed by atoms with Crippen LogP contribution in [0.3, 0.4) is 0 Å². The fourth-order valence-corrected chi connectivity index (χ4v) is 7.40. The van der Waals surface area contributed by atoms with Crippen LogP contribution in [0.25, 0.3) is 0 Å². The molecule has 6 rings (SSSR count). The lowest BCUT2D eigenvalue weighted by Gasteiger charge is -2.46. The molecule has 4 fully saturated rings. The third-order valence-corrected chi connectivity index (χ3v) is 10.8. The van der Waals surface area contributed by atoms with Crippen molar-refractivity contribution in [1.29, 1.82) is 0 Å². The highest BCUT2D eigenvalue weighted by atomic mass is 19.3. The van der Waals surface area contributed by atoms with Crippen LogP contribution in [0.4, 0.5) is 19.3 Å². The van der Waals surface area contributed by atoms with E-state index in [0.29, 0.717) is 45.4 Å². The average molecular weight is 602 g/mol. The first-order chi connectivity index (χ1) is 20.0. The van der Waals surface area contributed by atoms with Crippen molar-refractivity contribution in [2.75, 3.05) is 31.1 Å². The summed E-state index contributed by atoms with van der Waals surface area (Å²) < 4.78 is 45.0. The summed E-state index contributed by atoms with van der Waals surface area (Å²) >= 11 is 0. The molecule has 0 bridgehead atoms. The highest BCUT2D eigenvalue weighted by Crippen LogP contribution is 2.51. The van der Waals surface area contributed by atoms with E-state index in [-0.39, 0.29) is 24.1 Å². The molecular weight excluding hydrogens is 555 g/mol. The number of fused-ring (bicyclic) bond motifs is 2. The number of benzene rings is 1. The van der Waals surface area contributed by atoms with Crippen molar-refractivity contribution in [2.45, 2.75) is 121 Å². The molecule has 236 valence electrons. The van der Waals surface area contributed by atoms with E-state index in [4.69, 9.17) is 14.0 Å². The van der Waals surface area contributed by atoms with Gasteiger partial charge in [0.2, 0.25) is 12.3 Å². The summed E-state index contributed by atoms with van der Waals surface area (Å²) in [7, 11) is -0.553. The Bertz CT molecular complexity index is 1250. The number of carbonyl (C=O) groups is 2. The molecule has 5 aliphatic rings. The number of anilines is 1. The lowest BCUT2D eigenvalue weighted by Crippen LogP contribution is -2.58. The number of alkyl halides is 2. The lowest BCUT2D eigenvalue weighted by atomic mass is 9.71. The van der Waals surface area contributed by atoms with Gasteiger partial charge in [-0.3, -0.25) is 9.69 Å². The van der Waals surface area contributed by atoms with Crippen molar-refractivity contribution < 1.29 is 32.4 Å². The number of hydrogen-bond donors (Lipinski definition) is 0. The van der Waals surface area contributed by atoms with Gasteiger partial charge in [-0.2, -0.15) is 0 Å². The summed E-state index contributed by atoms with van der Waals surface area (Å²) in [5.41, 5.74) is 0.454. The van der Waals surface area contributed by atoms with Gasteiger partial charge in [-0.25, -0.2) is 13.6 Å². The number of carbonyl (C=O) groups excluding carboxylic acids is 2. The van der Waals surface area contributed by atoms with Crippen LogP contribution >= 0.6 is 0 Å². The van der Waals surface area contributed by atoms with Crippen LogP contribution in [-0.2, 0) is 24.3 Å². The molecule has 0 N–H and O–H groups in total. The van der Waals surface area contributed by atoms with E-state index < -0.39 is 41.7 Å². The molecule has 4 aliphatic heterocycles. The number of rotatable bonds is 4. The molecule has 0 radical (unpaired) electrons. The van der Waals surface area contributed by atoms with Gasteiger partial charge in [0.15, 0.2) is 0 Å². The van der Waals surface area contributed by atoms with Crippen LogP contribution in [0.15, 0.2) is 18.2 Å². The first-order valence-electron chi connectivity index (χ1n) is 15.9. The smallest absolute Gasteiger partial charge is 0.444 e. The minimum Gasteiger partial charge on any atom is -0.444 e. The normalized spacial score (nSPS) is 29.9. The van der Waals surface area contributed by atoms with Crippen LogP contribution in [-0.4, -0.2) is 90.4 Å². The Morgan fingerprint density at radius 3 is 2.21 bits per heavy atom. The summed E-state index contributed by atoms with van der Waals surface area (Å²) in [4.78, 5) is 33.2. The zero-order chi connectivity index (χ0) is 31.1. The van der Waals surface area contributed by atoms with Crippen LogP contribution in [0.2, 0.25) is 0 Å². The van der Waals surface area contributed by atoms with Crippen molar-refractivity contribution in [3.63, 3.8) is 0 Å². The maximum atomic E-state index is 14.5. The SMILES string of the molecule is CC(C)(C)OC(=O)N1CCC2(CC1)C(=O)N([C@H]1C[C@@H](N3CCC(C(F)F)C3)C1)c1cc(B3OC(C)(C)C(C)(C)O3)ccc12. The molecule has 43 heavy (non-hydrogen) atoms. The largest absolute Gasteiger partial charge is 0.494 e. The predicted molar refractivity (Wildman–Crippen MR) is 161 cm³/mol. The molecule has 1 aromatic carbocycles. The van der Waals surface area contributed by atoms with E-state index in [1.807, 2.05) is 59.4 Å². The Balaban J connectivity index is 1.26. The number of amides is 2. The second-order valence-electron chi connectivity index (χ2n) is 15.2. The van der Waals surface area contributed by atoms with Gasteiger partial charge < -0.3 is 23.8 Å². The summed E-state index contributed by atoms with van der Waals surface area (Å²) in [5.74, 6) is -0.484. The predicted octanol–water partition coefficient (Wildman–Crippen LogP) is 4.72. The number of hydrogen-bond acceptors (Lipinski definition) is 6. The second kappa shape index (κ2) is 10.4. The van der Waals surface area contributed by atoms with Crippen LogP contribution < -0.4 is 10.4 Å². The number of likely N-dealkylation sites (tertiary alicyclic amines) is 2. The maximum Gasteiger partial charge on any atom is 0.494 e. The molecule has 8 nitrogen and oxygen atoms in total. The van der Waals surface area contributed by atoms with Crippen molar-refractivity contribution in [3.8, 4) is 0 Å². The Morgan fingerprint density at radius 1 is 1.02 bits per heavy atom. The fraction of sp³-hybridized carbons (Fsp3) is 0.750. The van der Waals surface area contributed by atoms with Gasteiger partial charge in [0.05, 0.1) is 16.6 Å². The summed E-state index contributed by atoms with van der Waals surface area (Å²) in [6, 6.07) is 6.33. The number of nitrogens with zero attached hydrogens (tertiary/aromatic N) is 3. The monoisotopic (exact) mass is 601 g/mol. The number of halogens is 2. The van der Waals surface area contributed by atoms with E-state index in [9.17, 15) is 18.4 Å². The minimum atomic E-state index is -2.28. The fourth-order valence-electron chi connectivity index (χ4n) is 7.40. The molecule has 3 saturated heterocycles. The summed E-state index contributed by atoms with van der Waals surface area (Å²) in [6.07, 6.45) is 0.456. The molecular formula is C32H46BF2N3O5. The van der Waals surface area contributed by atoms with Gasteiger partial charge in [-0.05, 0) is 104 Å². The highest BCUT2D eigenvalue weighted by molar-refractivity contribution is 6.62. The van der Waals surface area contributed by atoms with Gasteiger partial charge in [-0.15, -0.1) is 0 Å². The highest BCUT2D eigenvalue weighted by Gasteiger charge is 2.57. The molecule has 4 heterocycles. The average Bonchev–Trinajstić information content (AvgIpc) is 3.52. The van der Waals surface area contributed by atoms with E-state index in [2.05, 4.69) is 17.0 Å². The molecule has 2 amide bonds. The second-order valence-corrected chi connectivity index (χ2v) is 15.2. The third kappa shape index (κ3) is 5.27. The standard InChI is InChI=1S/C32H46BF2N3O5/c1-29(2,3)41-28(40)36-14-11-32(12-15-36)24-9-8-21(33-42-30(4,5)31(6,7)43-33)16-25(24)38(27(32)39)23-17-22(18-23)37-13-10-20(19-37)26(34)35/h8-9,16,20,22-23,26H,10-15,17-19H2,1-7H3/t20?,22-,23+. The zero-order valence-electron chi connectivity index (χ0n) is 26.6. The Hall–Kier alpha value is -2.24.